The quantitative estimate of drug-likeness (QED) is 0.738. The molecule has 5 heteroatoms. The third-order valence-electron chi connectivity index (χ3n) is 4.47. The van der Waals surface area contributed by atoms with E-state index in [0.717, 1.165) is 30.9 Å². The van der Waals surface area contributed by atoms with Crippen LogP contribution in [-0.4, -0.2) is 40.7 Å². The number of nitrogens with zero attached hydrogens (tertiary/aromatic N) is 3. The van der Waals surface area contributed by atoms with Crippen molar-refractivity contribution >= 4 is 11.9 Å². The lowest BCUT2D eigenvalue weighted by Gasteiger charge is -2.33. The molecule has 1 fully saturated rings. The molecule has 2 heterocycles. The van der Waals surface area contributed by atoms with Gasteiger partial charge >= 0.3 is 6.09 Å². The molecule has 1 aliphatic rings. The van der Waals surface area contributed by atoms with E-state index in [1.165, 1.54) is 6.42 Å². The number of ether oxygens (including phenoxy) is 1. The Morgan fingerprint density at radius 1 is 1.35 bits per heavy atom. The molecule has 26 heavy (non-hydrogen) atoms. The molecule has 0 saturated carbocycles. The van der Waals surface area contributed by atoms with Gasteiger partial charge in [0.1, 0.15) is 11.4 Å². The summed E-state index contributed by atoms with van der Waals surface area (Å²) in [6.45, 7) is 16.4. The second-order valence-corrected chi connectivity index (χ2v) is 8.91. The average molecular weight is 362 g/mol. The molecule has 1 aromatic heterocycles. The molecule has 1 saturated heterocycles. The number of carbonyl (C=O) groups excluding carboxylic acids is 1. The molecule has 0 aromatic carbocycles. The highest BCUT2D eigenvalue weighted by Crippen LogP contribution is 2.37. The Balaban J connectivity index is 2.38. The average Bonchev–Trinajstić information content (AvgIpc) is 2.92. The van der Waals surface area contributed by atoms with Gasteiger partial charge in [-0.05, 0) is 66.0 Å². The smallest absolute Gasteiger partial charge is 0.416 e. The van der Waals surface area contributed by atoms with Crippen LogP contribution in [-0.2, 0) is 4.74 Å². The fourth-order valence-electron chi connectivity index (χ4n) is 3.59. The molecule has 0 radical (unpaired) electrons. The molecule has 5 nitrogen and oxygen atoms in total. The van der Waals surface area contributed by atoms with E-state index in [4.69, 9.17) is 4.74 Å². The number of aromatic nitrogens is 1. The zero-order valence-corrected chi connectivity index (χ0v) is 17.5. The number of carbonyl (C=O) groups is 1. The Morgan fingerprint density at radius 2 is 2.04 bits per heavy atom. The van der Waals surface area contributed by atoms with Gasteiger partial charge in [-0.25, -0.2) is 9.78 Å². The SMILES string of the molecule is CC(C)CN1CCC[C@@H]1c1cccnc1N(C(=O)OC(C)(C)C)C(C)C. The largest absolute Gasteiger partial charge is 0.443 e. The van der Waals surface area contributed by atoms with Gasteiger partial charge in [0.15, 0.2) is 0 Å². The Kier molecular flexibility index (Phi) is 6.67. The van der Waals surface area contributed by atoms with Crippen LogP contribution in [0.1, 0.15) is 72.9 Å². The number of likely N-dealkylation sites (tertiary alicyclic amines) is 1. The van der Waals surface area contributed by atoms with Crippen LogP contribution in [0.25, 0.3) is 0 Å². The summed E-state index contributed by atoms with van der Waals surface area (Å²) >= 11 is 0. The fraction of sp³-hybridized carbons (Fsp3) is 0.714. The highest BCUT2D eigenvalue weighted by Gasteiger charge is 2.33. The zero-order valence-electron chi connectivity index (χ0n) is 17.5. The van der Waals surface area contributed by atoms with Crippen molar-refractivity contribution in [1.82, 2.24) is 9.88 Å². The van der Waals surface area contributed by atoms with Crippen LogP contribution in [0.3, 0.4) is 0 Å². The van der Waals surface area contributed by atoms with E-state index < -0.39 is 5.60 Å². The molecule has 0 bridgehead atoms. The van der Waals surface area contributed by atoms with Crippen LogP contribution < -0.4 is 4.90 Å². The van der Waals surface area contributed by atoms with E-state index in [1.54, 1.807) is 11.1 Å². The molecule has 2 rings (SSSR count). The molecule has 0 aliphatic carbocycles. The van der Waals surface area contributed by atoms with Gasteiger partial charge in [0, 0.05) is 30.4 Å². The normalized spacial score (nSPS) is 18.6. The Bertz CT molecular complexity index is 608. The maximum atomic E-state index is 12.9. The predicted molar refractivity (Wildman–Crippen MR) is 106 cm³/mol. The first-order chi connectivity index (χ1) is 12.1. The van der Waals surface area contributed by atoms with E-state index in [9.17, 15) is 4.79 Å². The monoisotopic (exact) mass is 361 g/mol. The lowest BCUT2D eigenvalue weighted by atomic mass is 10.0. The van der Waals surface area contributed by atoms with Crippen LogP contribution in [0.2, 0.25) is 0 Å². The summed E-state index contributed by atoms with van der Waals surface area (Å²) in [6.07, 6.45) is 3.71. The molecule has 146 valence electrons. The van der Waals surface area contributed by atoms with Crippen LogP contribution in [0.4, 0.5) is 10.6 Å². The van der Waals surface area contributed by atoms with Gasteiger partial charge in [-0.1, -0.05) is 19.9 Å². The van der Waals surface area contributed by atoms with E-state index in [0.29, 0.717) is 12.0 Å². The zero-order chi connectivity index (χ0) is 19.5. The molecule has 0 N–H and O–H groups in total. The minimum absolute atomic E-state index is 0.0292. The van der Waals surface area contributed by atoms with Crippen LogP contribution in [0, 0.1) is 5.92 Å². The number of anilines is 1. The van der Waals surface area contributed by atoms with Gasteiger partial charge in [0.25, 0.3) is 0 Å². The van der Waals surface area contributed by atoms with Crippen molar-refractivity contribution in [3.05, 3.63) is 23.9 Å². The van der Waals surface area contributed by atoms with Crippen LogP contribution in [0.5, 0.6) is 0 Å². The van der Waals surface area contributed by atoms with Crippen molar-refractivity contribution < 1.29 is 9.53 Å². The second kappa shape index (κ2) is 8.38. The number of rotatable bonds is 5. The summed E-state index contributed by atoms with van der Waals surface area (Å²) in [5.74, 6) is 1.35. The summed E-state index contributed by atoms with van der Waals surface area (Å²) in [5.41, 5.74) is 0.598. The molecular weight excluding hydrogens is 326 g/mol. The van der Waals surface area contributed by atoms with Gasteiger partial charge in [-0.15, -0.1) is 0 Å². The van der Waals surface area contributed by atoms with Crippen molar-refractivity contribution in [2.75, 3.05) is 18.0 Å². The summed E-state index contributed by atoms with van der Waals surface area (Å²) in [5, 5.41) is 0. The van der Waals surface area contributed by atoms with Crippen molar-refractivity contribution in [1.29, 1.82) is 0 Å². The highest BCUT2D eigenvalue weighted by atomic mass is 16.6. The van der Waals surface area contributed by atoms with E-state index in [1.807, 2.05) is 40.7 Å². The van der Waals surface area contributed by atoms with E-state index in [2.05, 4.69) is 29.8 Å². The third-order valence-corrected chi connectivity index (χ3v) is 4.47. The maximum absolute atomic E-state index is 12.9. The fourth-order valence-corrected chi connectivity index (χ4v) is 3.59. The molecule has 1 amide bonds. The third kappa shape index (κ3) is 5.19. The van der Waals surface area contributed by atoms with E-state index in [-0.39, 0.29) is 12.1 Å². The van der Waals surface area contributed by atoms with Crippen molar-refractivity contribution in [3.63, 3.8) is 0 Å². The van der Waals surface area contributed by atoms with Crippen molar-refractivity contribution in [3.8, 4) is 0 Å². The molecule has 0 spiro atoms. The number of hydrogen-bond donors (Lipinski definition) is 0. The van der Waals surface area contributed by atoms with Gasteiger partial charge < -0.3 is 4.74 Å². The topological polar surface area (TPSA) is 45.7 Å². The first-order valence-electron chi connectivity index (χ1n) is 9.81. The molecule has 1 aliphatic heterocycles. The predicted octanol–water partition coefficient (Wildman–Crippen LogP) is 5.02. The summed E-state index contributed by atoms with van der Waals surface area (Å²) in [6, 6.07) is 4.37. The molecular formula is C21H35N3O2. The number of hydrogen-bond acceptors (Lipinski definition) is 4. The van der Waals surface area contributed by atoms with Crippen LogP contribution >= 0.6 is 0 Å². The van der Waals surface area contributed by atoms with E-state index >= 15 is 0 Å². The summed E-state index contributed by atoms with van der Waals surface area (Å²) < 4.78 is 5.66. The van der Waals surface area contributed by atoms with Gasteiger partial charge in [-0.3, -0.25) is 9.80 Å². The summed E-state index contributed by atoms with van der Waals surface area (Å²) in [7, 11) is 0. The van der Waals surface area contributed by atoms with Crippen molar-refractivity contribution in [2.24, 2.45) is 5.92 Å². The standard InChI is InChI=1S/C21H35N3O2/c1-15(2)14-23-13-9-11-18(23)17-10-8-12-22-19(17)24(16(3)4)20(25)26-21(5,6)7/h8,10,12,15-16,18H,9,11,13-14H2,1-7H3/t18-/m1/s1. The Morgan fingerprint density at radius 3 is 2.62 bits per heavy atom. The van der Waals surface area contributed by atoms with Gasteiger partial charge in [0.05, 0.1) is 0 Å². The van der Waals surface area contributed by atoms with Gasteiger partial charge in [0.2, 0.25) is 0 Å². The Labute approximate surface area is 158 Å². The highest BCUT2D eigenvalue weighted by molar-refractivity contribution is 5.88. The minimum atomic E-state index is -0.532. The minimum Gasteiger partial charge on any atom is -0.443 e. The summed E-state index contributed by atoms with van der Waals surface area (Å²) in [4.78, 5) is 21.7. The van der Waals surface area contributed by atoms with Crippen LogP contribution in [0.15, 0.2) is 18.3 Å². The number of amides is 1. The number of pyridine rings is 1. The molecule has 0 unspecified atom stereocenters. The van der Waals surface area contributed by atoms with Gasteiger partial charge in [-0.2, -0.15) is 0 Å². The molecule has 1 atom stereocenters. The lowest BCUT2D eigenvalue weighted by molar-refractivity contribution is 0.0568. The molecule has 1 aromatic rings. The second-order valence-electron chi connectivity index (χ2n) is 8.91. The lowest BCUT2D eigenvalue weighted by Crippen LogP contribution is -2.42. The first-order valence-corrected chi connectivity index (χ1v) is 9.81. The maximum Gasteiger partial charge on any atom is 0.416 e. The Hall–Kier alpha value is -1.62. The van der Waals surface area contributed by atoms with Crippen molar-refractivity contribution in [2.45, 2.75) is 79.0 Å². The first kappa shape index (κ1) is 20.7.